The minimum atomic E-state index is -0.499. The zero-order chi connectivity index (χ0) is 19.1. The van der Waals surface area contributed by atoms with E-state index in [1.807, 2.05) is 24.3 Å². The first-order valence-corrected chi connectivity index (χ1v) is 10.2. The smallest absolute Gasteiger partial charge is 0.161 e. The highest BCUT2D eigenvalue weighted by Crippen LogP contribution is 2.28. The summed E-state index contributed by atoms with van der Waals surface area (Å²) in [7, 11) is 1.64. The number of piperazine rings is 1. The maximum absolute atomic E-state index is 10.4. The summed E-state index contributed by atoms with van der Waals surface area (Å²) < 4.78 is 11.2. The van der Waals surface area contributed by atoms with E-state index in [1.165, 1.54) is 25.7 Å². The molecule has 1 heterocycles. The highest BCUT2D eigenvalue weighted by molar-refractivity contribution is 5.43. The zero-order valence-electron chi connectivity index (χ0n) is 16.6. The van der Waals surface area contributed by atoms with Crippen LogP contribution in [-0.2, 0) is 6.42 Å². The Morgan fingerprint density at radius 3 is 2.59 bits per heavy atom. The van der Waals surface area contributed by atoms with Gasteiger partial charge < -0.3 is 14.6 Å². The van der Waals surface area contributed by atoms with Crippen LogP contribution in [0.2, 0.25) is 0 Å². The lowest BCUT2D eigenvalue weighted by molar-refractivity contribution is 0.0365. The van der Waals surface area contributed by atoms with Gasteiger partial charge in [0.15, 0.2) is 11.5 Å². The van der Waals surface area contributed by atoms with Crippen LogP contribution < -0.4 is 9.47 Å². The first-order chi connectivity index (χ1) is 13.2. The summed E-state index contributed by atoms with van der Waals surface area (Å²) in [6.07, 6.45) is 7.67. The van der Waals surface area contributed by atoms with Crippen LogP contribution in [0.3, 0.4) is 0 Å². The SMILES string of the molecule is C=CCc1ccc(OCC(O)CN2CCN(C3CCCC3)CC2)c(OC)c1. The standard InChI is InChI=1S/C22H34N2O3/c1-3-6-18-9-10-21(22(15-18)26-2)27-17-20(25)16-23-11-13-24(14-12-23)19-7-4-5-8-19/h3,9-10,15,19-20,25H,1,4-8,11-14,16-17H2,2H3. The van der Waals surface area contributed by atoms with Crippen LogP contribution in [0.15, 0.2) is 30.9 Å². The van der Waals surface area contributed by atoms with Gasteiger partial charge in [-0.1, -0.05) is 25.0 Å². The van der Waals surface area contributed by atoms with Gasteiger partial charge in [0.2, 0.25) is 0 Å². The fourth-order valence-corrected chi connectivity index (χ4v) is 4.24. The van der Waals surface area contributed by atoms with Gasteiger partial charge in [-0.2, -0.15) is 0 Å². The van der Waals surface area contributed by atoms with Gasteiger partial charge in [0.05, 0.1) is 7.11 Å². The van der Waals surface area contributed by atoms with Gasteiger partial charge in [0, 0.05) is 38.8 Å². The van der Waals surface area contributed by atoms with Gasteiger partial charge >= 0.3 is 0 Å². The van der Waals surface area contributed by atoms with Crippen molar-refractivity contribution in [3.8, 4) is 11.5 Å². The molecule has 1 atom stereocenters. The predicted molar refractivity (Wildman–Crippen MR) is 109 cm³/mol. The van der Waals surface area contributed by atoms with Crippen LogP contribution in [0.4, 0.5) is 0 Å². The van der Waals surface area contributed by atoms with E-state index >= 15 is 0 Å². The average Bonchev–Trinajstić information content (AvgIpc) is 3.22. The van der Waals surface area contributed by atoms with Crippen molar-refractivity contribution in [3.63, 3.8) is 0 Å². The number of hydrogen-bond donors (Lipinski definition) is 1. The molecule has 5 heteroatoms. The predicted octanol–water partition coefficient (Wildman–Crippen LogP) is 2.72. The number of rotatable bonds is 9. The Morgan fingerprint density at radius 2 is 1.93 bits per heavy atom. The van der Waals surface area contributed by atoms with Crippen molar-refractivity contribution in [2.45, 2.75) is 44.2 Å². The van der Waals surface area contributed by atoms with E-state index in [-0.39, 0.29) is 6.61 Å². The molecule has 0 aromatic heterocycles. The molecule has 27 heavy (non-hydrogen) atoms. The second kappa shape index (κ2) is 10.1. The maximum Gasteiger partial charge on any atom is 0.161 e. The molecule has 1 N–H and O–H groups in total. The molecular weight excluding hydrogens is 340 g/mol. The molecular formula is C22H34N2O3. The van der Waals surface area contributed by atoms with E-state index < -0.39 is 6.10 Å². The third-order valence-corrected chi connectivity index (χ3v) is 5.76. The Bertz CT molecular complexity index is 593. The third kappa shape index (κ3) is 5.71. The van der Waals surface area contributed by atoms with E-state index in [0.717, 1.165) is 44.2 Å². The molecule has 150 valence electrons. The fraction of sp³-hybridized carbons (Fsp3) is 0.636. The highest BCUT2D eigenvalue weighted by atomic mass is 16.5. The lowest BCUT2D eigenvalue weighted by Crippen LogP contribution is -2.51. The molecule has 3 rings (SSSR count). The number of allylic oxidation sites excluding steroid dienone is 1. The van der Waals surface area contributed by atoms with Crippen molar-refractivity contribution in [3.05, 3.63) is 36.4 Å². The number of nitrogens with zero attached hydrogens (tertiary/aromatic N) is 2. The molecule has 1 saturated heterocycles. The molecule has 0 bridgehead atoms. The molecule has 0 amide bonds. The molecule has 0 spiro atoms. The number of benzene rings is 1. The first kappa shape index (κ1) is 20.2. The third-order valence-electron chi connectivity index (χ3n) is 5.76. The molecule has 5 nitrogen and oxygen atoms in total. The van der Waals surface area contributed by atoms with Gasteiger partial charge in [-0.15, -0.1) is 6.58 Å². The van der Waals surface area contributed by atoms with Crippen LogP contribution in [0, 0.1) is 0 Å². The summed E-state index contributed by atoms with van der Waals surface area (Å²) in [5.74, 6) is 1.38. The Hall–Kier alpha value is -1.56. The summed E-state index contributed by atoms with van der Waals surface area (Å²) >= 11 is 0. The number of methoxy groups -OCH3 is 1. The molecule has 1 aromatic rings. The number of aliphatic hydroxyl groups is 1. The van der Waals surface area contributed by atoms with Crippen molar-refractivity contribution >= 4 is 0 Å². The summed E-state index contributed by atoms with van der Waals surface area (Å²) in [6, 6.07) is 6.68. The topological polar surface area (TPSA) is 45.2 Å². The molecule has 0 radical (unpaired) electrons. The first-order valence-electron chi connectivity index (χ1n) is 10.2. The number of β-amino-alcohol motifs (C(OH)–C–C–N with tert-alkyl or cyclic N) is 1. The van der Waals surface area contributed by atoms with Gasteiger partial charge in [0.25, 0.3) is 0 Å². The average molecular weight is 375 g/mol. The maximum atomic E-state index is 10.4. The van der Waals surface area contributed by atoms with Gasteiger partial charge in [-0.05, 0) is 37.0 Å². The van der Waals surface area contributed by atoms with E-state index in [2.05, 4.69) is 16.4 Å². The summed E-state index contributed by atoms with van der Waals surface area (Å²) in [6.45, 7) is 9.02. The van der Waals surface area contributed by atoms with E-state index in [4.69, 9.17) is 9.47 Å². The Kier molecular flexibility index (Phi) is 7.56. The van der Waals surface area contributed by atoms with E-state index in [9.17, 15) is 5.11 Å². The second-order valence-corrected chi connectivity index (χ2v) is 7.72. The molecule has 1 aliphatic heterocycles. The number of aliphatic hydroxyl groups excluding tert-OH is 1. The minimum absolute atomic E-state index is 0.278. The van der Waals surface area contributed by atoms with Crippen molar-refractivity contribution in [2.75, 3.05) is 46.4 Å². The van der Waals surface area contributed by atoms with Crippen molar-refractivity contribution < 1.29 is 14.6 Å². The largest absolute Gasteiger partial charge is 0.493 e. The van der Waals surface area contributed by atoms with Crippen LogP contribution in [0.1, 0.15) is 31.2 Å². The second-order valence-electron chi connectivity index (χ2n) is 7.72. The van der Waals surface area contributed by atoms with E-state index in [1.54, 1.807) is 7.11 Å². The lowest BCUT2D eigenvalue weighted by Gasteiger charge is -2.38. The summed E-state index contributed by atoms with van der Waals surface area (Å²) in [4.78, 5) is 4.99. The summed E-state index contributed by atoms with van der Waals surface area (Å²) in [5, 5.41) is 10.4. The van der Waals surface area contributed by atoms with Crippen LogP contribution >= 0.6 is 0 Å². The van der Waals surface area contributed by atoms with Crippen molar-refractivity contribution in [1.29, 1.82) is 0 Å². The highest BCUT2D eigenvalue weighted by Gasteiger charge is 2.26. The summed E-state index contributed by atoms with van der Waals surface area (Å²) in [5.41, 5.74) is 1.13. The molecule has 2 fully saturated rings. The number of hydrogen-bond acceptors (Lipinski definition) is 5. The van der Waals surface area contributed by atoms with Crippen LogP contribution in [-0.4, -0.2) is 73.5 Å². The quantitative estimate of drug-likeness (QED) is 0.674. The fourth-order valence-electron chi connectivity index (χ4n) is 4.24. The van der Waals surface area contributed by atoms with Crippen LogP contribution in [0.5, 0.6) is 11.5 Å². The van der Waals surface area contributed by atoms with Crippen molar-refractivity contribution in [1.82, 2.24) is 9.80 Å². The number of ether oxygens (including phenoxy) is 2. The molecule has 2 aliphatic rings. The van der Waals surface area contributed by atoms with Gasteiger partial charge in [0.1, 0.15) is 12.7 Å². The van der Waals surface area contributed by atoms with E-state index in [0.29, 0.717) is 18.0 Å². The zero-order valence-corrected chi connectivity index (χ0v) is 16.6. The Balaban J connectivity index is 1.42. The minimum Gasteiger partial charge on any atom is -0.493 e. The monoisotopic (exact) mass is 374 g/mol. The van der Waals surface area contributed by atoms with Crippen molar-refractivity contribution in [2.24, 2.45) is 0 Å². The lowest BCUT2D eigenvalue weighted by atomic mass is 10.1. The molecule has 1 aromatic carbocycles. The molecule has 1 unspecified atom stereocenters. The molecule has 1 saturated carbocycles. The van der Waals surface area contributed by atoms with Crippen LogP contribution in [0.25, 0.3) is 0 Å². The van der Waals surface area contributed by atoms with Gasteiger partial charge in [-0.3, -0.25) is 9.80 Å². The normalized spacial score (nSPS) is 20.5. The Morgan fingerprint density at radius 1 is 1.19 bits per heavy atom. The molecule has 1 aliphatic carbocycles. The van der Waals surface area contributed by atoms with Gasteiger partial charge in [-0.25, -0.2) is 0 Å². The Labute approximate surface area is 163 Å².